The molecule has 0 radical (unpaired) electrons. The van der Waals surface area contributed by atoms with E-state index in [0.29, 0.717) is 6.61 Å². The van der Waals surface area contributed by atoms with E-state index in [-0.39, 0.29) is 24.2 Å². The van der Waals surface area contributed by atoms with Crippen LogP contribution in [0.5, 0.6) is 11.5 Å². The topological polar surface area (TPSA) is 27.7 Å². The van der Waals surface area contributed by atoms with Gasteiger partial charge in [0.1, 0.15) is 12.4 Å². The van der Waals surface area contributed by atoms with Gasteiger partial charge in [0.05, 0.1) is 19.0 Å². The lowest BCUT2D eigenvalue weighted by Gasteiger charge is -2.25. The quantitative estimate of drug-likeness (QED) is 0.780. The Hall–Kier alpha value is -1.37. The fourth-order valence-electron chi connectivity index (χ4n) is 2.16. The molecule has 1 aromatic carbocycles. The van der Waals surface area contributed by atoms with Gasteiger partial charge in [-0.25, -0.2) is 0 Å². The highest BCUT2D eigenvalue weighted by molar-refractivity contribution is 6.74. The molecule has 1 unspecified atom stereocenters. The van der Waals surface area contributed by atoms with Crippen LogP contribution < -0.4 is 14.9 Å². The van der Waals surface area contributed by atoms with Crippen molar-refractivity contribution in [3.8, 4) is 11.5 Å². The highest BCUT2D eigenvalue weighted by Gasteiger charge is 2.30. The molecule has 1 heterocycles. The van der Waals surface area contributed by atoms with E-state index in [1.54, 1.807) is 0 Å². The van der Waals surface area contributed by atoms with Crippen molar-refractivity contribution < 1.29 is 27.2 Å². The van der Waals surface area contributed by atoms with Crippen LogP contribution in [0.4, 0.5) is 12.9 Å². The minimum atomic E-state index is -5.14. The molecule has 20 heavy (non-hydrogen) atoms. The number of rotatable bonds is 5. The van der Waals surface area contributed by atoms with Gasteiger partial charge in [0.15, 0.2) is 0 Å². The summed E-state index contributed by atoms with van der Waals surface area (Å²) in [5, 5.41) is 0. The van der Waals surface area contributed by atoms with Crippen LogP contribution in [0.25, 0.3) is 0 Å². The van der Waals surface area contributed by atoms with Crippen molar-refractivity contribution in [1.82, 2.24) is 0 Å². The summed E-state index contributed by atoms with van der Waals surface area (Å²) in [5.41, 5.74) is -0.764. The van der Waals surface area contributed by atoms with Crippen LogP contribution in [0.1, 0.15) is 19.3 Å². The van der Waals surface area contributed by atoms with Crippen molar-refractivity contribution in [2.24, 2.45) is 0 Å². The van der Waals surface area contributed by atoms with Gasteiger partial charge in [-0.05, 0) is 37.5 Å². The van der Waals surface area contributed by atoms with E-state index in [1.807, 2.05) is 0 Å². The summed E-state index contributed by atoms with van der Waals surface area (Å²) >= 11 is 0. The van der Waals surface area contributed by atoms with E-state index in [9.17, 15) is 12.9 Å². The lowest BCUT2D eigenvalue weighted by molar-refractivity contribution is -0.0109. The molecule has 1 atom stereocenters. The Bertz CT molecular complexity index is 445. The Balaban J connectivity index is 2.09. The molecule has 0 spiro atoms. The number of ether oxygens (including phenoxy) is 3. The second kappa shape index (κ2) is 6.39. The van der Waals surface area contributed by atoms with Gasteiger partial charge in [-0.15, -0.1) is 0 Å². The predicted octanol–water partition coefficient (Wildman–Crippen LogP) is 2.70. The third-order valence-corrected chi connectivity index (χ3v) is 3.27. The zero-order chi connectivity index (χ0) is 14.6. The highest BCUT2D eigenvalue weighted by Crippen LogP contribution is 2.23. The molecule has 1 aromatic rings. The smallest absolute Gasteiger partial charge is 0.497 e. The van der Waals surface area contributed by atoms with Crippen LogP contribution in [0.2, 0.25) is 0 Å². The van der Waals surface area contributed by atoms with E-state index in [1.165, 1.54) is 19.2 Å². The molecule has 1 aliphatic rings. The van der Waals surface area contributed by atoms with Crippen molar-refractivity contribution in [3.05, 3.63) is 18.2 Å². The molecule has 2 rings (SSSR count). The van der Waals surface area contributed by atoms with Gasteiger partial charge in [0.2, 0.25) is 0 Å². The van der Waals surface area contributed by atoms with Gasteiger partial charge in [-0.3, -0.25) is 0 Å². The van der Waals surface area contributed by atoms with Crippen LogP contribution in [-0.4, -0.2) is 33.4 Å². The summed E-state index contributed by atoms with van der Waals surface area (Å²) in [5.74, 6) is 0.00735. The molecule has 0 amide bonds. The SMILES string of the molecule is COc1ccc(OCC2CCCCO2)c([B-](F)(F)F)c1. The molecule has 3 nitrogen and oxygen atoms in total. The Kier molecular flexibility index (Phi) is 4.80. The second-order valence-electron chi connectivity index (χ2n) is 4.78. The van der Waals surface area contributed by atoms with Gasteiger partial charge in [0.25, 0.3) is 0 Å². The number of hydrogen-bond acceptors (Lipinski definition) is 3. The van der Waals surface area contributed by atoms with Crippen LogP contribution >= 0.6 is 0 Å². The Morgan fingerprint density at radius 3 is 2.70 bits per heavy atom. The van der Waals surface area contributed by atoms with Gasteiger partial charge < -0.3 is 27.2 Å². The molecule has 112 valence electrons. The van der Waals surface area contributed by atoms with Crippen LogP contribution in [0.3, 0.4) is 0 Å². The normalized spacial score (nSPS) is 19.7. The lowest BCUT2D eigenvalue weighted by atomic mass is 9.79. The molecule has 1 aliphatic heterocycles. The lowest BCUT2D eigenvalue weighted by Crippen LogP contribution is -2.36. The first-order valence-electron chi connectivity index (χ1n) is 6.63. The van der Waals surface area contributed by atoms with Crippen LogP contribution in [-0.2, 0) is 4.74 Å². The summed E-state index contributed by atoms with van der Waals surface area (Å²) in [6, 6.07) is 3.73. The molecule has 0 aliphatic carbocycles. The molecule has 0 bridgehead atoms. The molecular weight excluding hydrogens is 272 g/mol. The minimum Gasteiger partial charge on any atom is -0.497 e. The van der Waals surface area contributed by atoms with Crippen molar-refractivity contribution in [1.29, 1.82) is 0 Å². The Morgan fingerprint density at radius 1 is 1.30 bits per heavy atom. The molecular formula is C13H17BF3O3-. The molecule has 7 heteroatoms. The van der Waals surface area contributed by atoms with Crippen LogP contribution in [0, 0.1) is 0 Å². The maximum absolute atomic E-state index is 13.0. The van der Waals surface area contributed by atoms with E-state index >= 15 is 0 Å². The maximum Gasteiger partial charge on any atom is 0.513 e. The molecule has 0 aromatic heterocycles. The summed E-state index contributed by atoms with van der Waals surface area (Å²) in [6.45, 7) is -4.35. The third kappa shape index (κ3) is 3.82. The fourth-order valence-corrected chi connectivity index (χ4v) is 2.16. The zero-order valence-electron chi connectivity index (χ0n) is 11.3. The zero-order valence-corrected chi connectivity index (χ0v) is 11.3. The average molecular weight is 289 g/mol. The van der Waals surface area contributed by atoms with Gasteiger partial charge in [0, 0.05) is 6.61 Å². The third-order valence-electron chi connectivity index (χ3n) is 3.27. The number of benzene rings is 1. The number of methoxy groups -OCH3 is 1. The first-order chi connectivity index (χ1) is 9.50. The molecule has 0 N–H and O–H groups in total. The van der Waals surface area contributed by atoms with Crippen molar-refractivity contribution in [3.63, 3.8) is 0 Å². The monoisotopic (exact) mass is 289 g/mol. The Morgan fingerprint density at radius 2 is 2.10 bits per heavy atom. The predicted molar refractivity (Wildman–Crippen MR) is 70.8 cm³/mol. The van der Waals surface area contributed by atoms with E-state index in [2.05, 4.69) is 0 Å². The molecule has 0 saturated carbocycles. The number of hydrogen-bond donors (Lipinski definition) is 0. The largest absolute Gasteiger partial charge is 0.513 e. The Labute approximate surface area is 116 Å². The van der Waals surface area contributed by atoms with E-state index in [0.717, 1.165) is 25.3 Å². The van der Waals surface area contributed by atoms with Crippen molar-refractivity contribution >= 4 is 12.4 Å². The fraction of sp³-hybridized carbons (Fsp3) is 0.538. The summed E-state index contributed by atoms with van der Waals surface area (Å²) in [4.78, 5) is 0. The summed E-state index contributed by atoms with van der Waals surface area (Å²) in [7, 11) is 1.33. The molecule has 1 fully saturated rings. The number of halogens is 3. The van der Waals surface area contributed by atoms with Gasteiger partial charge >= 0.3 is 6.98 Å². The highest BCUT2D eigenvalue weighted by atomic mass is 19.4. The summed E-state index contributed by atoms with van der Waals surface area (Å²) in [6.07, 6.45) is 2.71. The second-order valence-corrected chi connectivity index (χ2v) is 4.78. The standard InChI is InChI=1S/C13H17BF3O3/c1-18-10-5-6-13(12(8-10)14(15,16)17)20-9-11-4-2-3-7-19-11/h5-6,8,11H,2-4,7,9H2,1H3/q-1. The maximum atomic E-state index is 13.0. The summed E-state index contributed by atoms with van der Waals surface area (Å²) < 4.78 is 54.7. The van der Waals surface area contributed by atoms with Crippen molar-refractivity contribution in [2.45, 2.75) is 25.4 Å². The first kappa shape index (κ1) is 15.0. The molecule has 1 saturated heterocycles. The van der Waals surface area contributed by atoms with Crippen molar-refractivity contribution in [2.75, 3.05) is 20.3 Å². The van der Waals surface area contributed by atoms with Crippen LogP contribution in [0.15, 0.2) is 18.2 Å². The minimum absolute atomic E-state index is 0.126. The van der Waals surface area contributed by atoms with E-state index in [4.69, 9.17) is 14.2 Å². The van der Waals surface area contributed by atoms with Gasteiger partial charge in [-0.2, -0.15) is 0 Å². The van der Waals surface area contributed by atoms with Gasteiger partial charge in [-0.1, -0.05) is 5.46 Å². The average Bonchev–Trinajstić information content (AvgIpc) is 2.45. The first-order valence-corrected chi connectivity index (χ1v) is 6.63. The van der Waals surface area contributed by atoms with E-state index < -0.39 is 12.4 Å².